The lowest BCUT2D eigenvalue weighted by atomic mass is 9.81. The van der Waals surface area contributed by atoms with Crippen molar-refractivity contribution in [3.8, 4) is 0 Å². The van der Waals surface area contributed by atoms with Crippen LogP contribution in [0.2, 0.25) is 0 Å². The van der Waals surface area contributed by atoms with Crippen molar-refractivity contribution in [3.05, 3.63) is 30.1 Å². The minimum absolute atomic E-state index is 0.148. The first-order valence-electron chi connectivity index (χ1n) is 12.1. The Morgan fingerprint density at radius 3 is 2.41 bits per heavy atom. The monoisotopic (exact) mass is 475 g/mol. The molecule has 1 aromatic rings. The number of hydrogen-bond donors (Lipinski definition) is 6. The molecule has 0 saturated heterocycles. The number of carbonyl (C=O) groups is 3. The Morgan fingerprint density at radius 1 is 1.12 bits per heavy atom. The van der Waals surface area contributed by atoms with Crippen LogP contribution in [0.4, 0.5) is 0 Å². The van der Waals surface area contributed by atoms with Gasteiger partial charge in [0.2, 0.25) is 17.7 Å². The Morgan fingerprint density at radius 2 is 1.82 bits per heavy atom. The second-order valence-corrected chi connectivity index (χ2v) is 9.08. The molecule has 6 N–H and O–H groups in total. The smallest absolute Gasteiger partial charge is 0.426 e. The van der Waals surface area contributed by atoms with Crippen molar-refractivity contribution in [2.45, 2.75) is 77.4 Å². The van der Waals surface area contributed by atoms with E-state index >= 15 is 0 Å². The molecule has 34 heavy (non-hydrogen) atoms. The molecule has 2 rings (SSSR count). The van der Waals surface area contributed by atoms with Crippen molar-refractivity contribution < 1.29 is 24.4 Å². The normalized spacial score (nSPS) is 17.3. The number of rotatable bonds is 13. The fraction of sp³-hybridized carbons (Fsp3) is 0.652. The highest BCUT2D eigenvalue weighted by molar-refractivity contribution is 6.43. The number of carbonyl (C=O) groups excluding carboxylic acids is 3. The zero-order valence-corrected chi connectivity index (χ0v) is 20.3. The van der Waals surface area contributed by atoms with Gasteiger partial charge in [0.05, 0.1) is 24.2 Å². The van der Waals surface area contributed by atoms with E-state index in [4.69, 9.17) is 10.0 Å². The lowest BCUT2D eigenvalue weighted by Crippen LogP contribution is -2.57. The minimum Gasteiger partial charge on any atom is -0.426 e. The third kappa shape index (κ3) is 8.70. The first kappa shape index (κ1) is 27.7. The Labute approximate surface area is 201 Å². The highest BCUT2D eigenvalue weighted by Gasteiger charge is 2.34. The highest BCUT2D eigenvalue weighted by atomic mass is 16.4. The van der Waals surface area contributed by atoms with Gasteiger partial charge in [0.25, 0.3) is 0 Å². The van der Waals surface area contributed by atoms with Gasteiger partial charge in [0.1, 0.15) is 6.04 Å². The zero-order chi connectivity index (χ0) is 25.1. The first-order chi connectivity index (χ1) is 16.2. The number of hydrogen-bond acceptors (Lipinski definition) is 7. The Hall–Kier alpha value is -2.50. The van der Waals surface area contributed by atoms with Gasteiger partial charge in [0.15, 0.2) is 0 Å². The second-order valence-electron chi connectivity index (χ2n) is 9.08. The van der Waals surface area contributed by atoms with Gasteiger partial charge in [-0.2, -0.15) is 0 Å². The van der Waals surface area contributed by atoms with Crippen molar-refractivity contribution in [2.24, 2.45) is 11.8 Å². The van der Waals surface area contributed by atoms with Crippen molar-refractivity contribution >= 4 is 24.8 Å². The molecular weight excluding hydrogens is 437 g/mol. The highest BCUT2D eigenvalue weighted by Crippen LogP contribution is 2.28. The summed E-state index contributed by atoms with van der Waals surface area (Å²) in [5, 5.41) is 29.4. The molecule has 1 heterocycles. The maximum Gasteiger partial charge on any atom is 0.475 e. The number of nitrogens with one attached hydrogen (secondary N) is 4. The van der Waals surface area contributed by atoms with Crippen LogP contribution in [0.25, 0.3) is 0 Å². The maximum absolute atomic E-state index is 13.3. The fourth-order valence-corrected chi connectivity index (χ4v) is 4.08. The zero-order valence-electron chi connectivity index (χ0n) is 20.3. The van der Waals surface area contributed by atoms with Gasteiger partial charge in [-0.05, 0) is 43.7 Å². The van der Waals surface area contributed by atoms with Crippen molar-refractivity contribution in [2.75, 3.05) is 6.54 Å². The van der Waals surface area contributed by atoms with E-state index < -0.39 is 37.0 Å². The van der Waals surface area contributed by atoms with E-state index in [0.717, 1.165) is 31.4 Å². The number of aromatic nitrogens is 1. The Balaban J connectivity index is 2.02. The fourth-order valence-electron chi connectivity index (χ4n) is 4.08. The predicted octanol–water partition coefficient (Wildman–Crippen LogP) is -0.106. The standard InChI is InChI=1S/C23H38BN5O5/c1-4-15(2)20(22(31)27-14-19(30)28-16(3)24(33)34)29-23(32)21(17-9-5-6-10-17)26-13-18-11-7-8-12-25-18/h7-8,11-12,15-17,20-21,26,33-34H,4-6,9-10,13-14H2,1-3H3,(H,27,31)(H,28,30)(H,29,32)/t15-,16-,20-,21-/m0/s1. The quantitative estimate of drug-likeness (QED) is 0.218. The lowest BCUT2D eigenvalue weighted by Gasteiger charge is -2.29. The van der Waals surface area contributed by atoms with Crippen molar-refractivity contribution in [3.63, 3.8) is 0 Å². The van der Waals surface area contributed by atoms with Gasteiger partial charge in [-0.3, -0.25) is 24.7 Å². The third-order valence-corrected chi connectivity index (χ3v) is 6.44. The summed E-state index contributed by atoms with van der Waals surface area (Å²) in [4.78, 5) is 42.5. The number of nitrogens with zero attached hydrogens (tertiary/aromatic N) is 1. The summed E-state index contributed by atoms with van der Waals surface area (Å²) in [6, 6.07) is 4.39. The van der Waals surface area contributed by atoms with Crippen LogP contribution in [-0.2, 0) is 20.9 Å². The van der Waals surface area contributed by atoms with Gasteiger partial charge in [-0.1, -0.05) is 39.2 Å². The first-order valence-corrected chi connectivity index (χ1v) is 12.1. The van der Waals surface area contributed by atoms with E-state index in [2.05, 4.69) is 26.3 Å². The molecule has 1 aliphatic rings. The molecule has 0 radical (unpaired) electrons. The van der Waals surface area contributed by atoms with E-state index in [1.807, 2.05) is 32.0 Å². The third-order valence-electron chi connectivity index (χ3n) is 6.44. The molecule has 10 nitrogen and oxygen atoms in total. The van der Waals surface area contributed by atoms with Crippen LogP contribution in [0.15, 0.2) is 24.4 Å². The van der Waals surface area contributed by atoms with Crippen LogP contribution in [0.5, 0.6) is 0 Å². The van der Waals surface area contributed by atoms with Gasteiger partial charge in [0, 0.05) is 12.7 Å². The molecule has 1 saturated carbocycles. The lowest BCUT2D eigenvalue weighted by molar-refractivity contribution is -0.132. The van der Waals surface area contributed by atoms with Crippen LogP contribution in [0.1, 0.15) is 58.6 Å². The molecule has 3 amide bonds. The summed E-state index contributed by atoms with van der Waals surface area (Å²) in [7, 11) is -1.70. The van der Waals surface area contributed by atoms with Gasteiger partial charge in [-0.25, -0.2) is 0 Å². The van der Waals surface area contributed by atoms with E-state index in [1.165, 1.54) is 6.92 Å². The Kier molecular flexibility index (Phi) is 11.5. The summed E-state index contributed by atoms with van der Waals surface area (Å²) in [6.07, 6.45) is 6.41. The molecule has 0 aromatic carbocycles. The van der Waals surface area contributed by atoms with Gasteiger partial charge >= 0.3 is 7.12 Å². The van der Waals surface area contributed by atoms with Gasteiger partial charge in [-0.15, -0.1) is 0 Å². The SMILES string of the molecule is CC[C@H](C)[C@H](NC(=O)[C@@H](NCc1ccccn1)C1CCCC1)C(=O)NCC(=O)N[C@@H](C)B(O)O. The van der Waals surface area contributed by atoms with Crippen LogP contribution >= 0.6 is 0 Å². The Bertz CT molecular complexity index is 791. The molecule has 4 atom stereocenters. The topological polar surface area (TPSA) is 153 Å². The summed E-state index contributed by atoms with van der Waals surface area (Å²) in [5.74, 6) is -2.07. The predicted molar refractivity (Wildman–Crippen MR) is 129 cm³/mol. The largest absolute Gasteiger partial charge is 0.475 e. The van der Waals surface area contributed by atoms with E-state index in [9.17, 15) is 14.4 Å². The number of amides is 3. The van der Waals surface area contributed by atoms with E-state index in [1.54, 1.807) is 6.20 Å². The average molecular weight is 475 g/mol. The molecule has 11 heteroatoms. The summed E-state index contributed by atoms with van der Waals surface area (Å²) in [5.41, 5.74) is 0.836. The van der Waals surface area contributed by atoms with Crippen LogP contribution in [0.3, 0.4) is 0 Å². The minimum atomic E-state index is -1.70. The molecule has 188 valence electrons. The summed E-state index contributed by atoms with van der Waals surface area (Å²) in [6.45, 7) is 5.36. The summed E-state index contributed by atoms with van der Waals surface area (Å²) >= 11 is 0. The van der Waals surface area contributed by atoms with E-state index in [0.29, 0.717) is 13.0 Å². The van der Waals surface area contributed by atoms with Crippen LogP contribution in [0, 0.1) is 11.8 Å². The van der Waals surface area contributed by atoms with Crippen LogP contribution in [-0.4, -0.2) is 64.4 Å². The van der Waals surface area contributed by atoms with Crippen molar-refractivity contribution in [1.29, 1.82) is 0 Å². The van der Waals surface area contributed by atoms with Crippen LogP contribution < -0.4 is 21.3 Å². The molecule has 1 aromatic heterocycles. The molecule has 0 bridgehead atoms. The average Bonchev–Trinajstić information content (AvgIpc) is 3.35. The molecule has 1 fully saturated rings. The second kappa shape index (κ2) is 14.0. The molecule has 0 aliphatic heterocycles. The molecule has 0 spiro atoms. The number of pyridine rings is 1. The maximum atomic E-state index is 13.3. The van der Waals surface area contributed by atoms with E-state index in [-0.39, 0.29) is 24.3 Å². The molecule has 1 aliphatic carbocycles. The van der Waals surface area contributed by atoms with Crippen molar-refractivity contribution in [1.82, 2.24) is 26.3 Å². The summed E-state index contributed by atoms with van der Waals surface area (Å²) < 4.78 is 0. The molecular formula is C23H38BN5O5. The molecule has 0 unspecified atom stereocenters. The van der Waals surface area contributed by atoms with Gasteiger partial charge < -0.3 is 26.0 Å².